The van der Waals surface area contributed by atoms with Crippen molar-refractivity contribution in [1.82, 2.24) is 20.3 Å². The molecule has 1 aliphatic carbocycles. The number of anilines is 3. The van der Waals surface area contributed by atoms with E-state index in [1.165, 1.54) is 24.2 Å². The van der Waals surface area contributed by atoms with Crippen molar-refractivity contribution in [3.8, 4) is 10.6 Å². The fraction of sp³-hybridized carbons (Fsp3) is 0.333. The first-order chi connectivity index (χ1) is 14.6. The highest BCUT2D eigenvalue weighted by atomic mass is 32.1. The van der Waals surface area contributed by atoms with Gasteiger partial charge in [0.25, 0.3) is 5.91 Å². The molecule has 1 amide bonds. The van der Waals surface area contributed by atoms with Crippen LogP contribution in [0.2, 0.25) is 0 Å². The number of carbonyl (C=O) groups excluding carboxylic acids is 1. The maximum atomic E-state index is 12.0. The zero-order chi connectivity index (χ0) is 20.9. The first-order valence-corrected chi connectivity index (χ1v) is 10.9. The molecule has 0 spiro atoms. The zero-order valence-electron chi connectivity index (χ0n) is 16.8. The van der Waals surface area contributed by atoms with E-state index in [4.69, 9.17) is 5.73 Å². The summed E-state index contributed by atoms with van der Waals surface area (Å²) in [7, 11) is 1.99. The molecule has 0 unspecified atom stereocenters. The molecule has 2 atom stereocenters. The number of hydrogen-bond acceptors (Lipinski definition) is 8. The summed E-state index contributed by atoms with van der Waals surface area (Å²) in [5.74, 6) is 0.576. The predicted molar refractivity (Wildman–Crippen MR) is 120 cm³/mol. The predicted octanol–water partition coefficient (Wildman–Crippen LogP) is 3.39. The van der Waals surface area contributed by atoms with Gasteiger partial charge in [-0.05, 0) is 38.1 Å². The number of nitrogens with zero attached hydrogens (tertiary/aromatic N) is 3. The van der Waals surface area contributed by atoms with Gasteiger partial charge in [-0.3, -0.25) is 9.78 Å². The summed E-state index contributed by atoms with van der Waals surface area (Å²) in [6.07, 6.45) is 9.82. The van der Waals surface area contributed by atoms with Crippen LogP contribution in [0.1, 0.15) is 36.0 Å². The highest BCUT2D eigenvalue weighted by Crippen LogP contribution is 2.27. The Hall–Kier alpha value is -3.04. The molecule has 3 aromatic rings. The molecule has 0 saturated heterocycles. The first-order valence-electron chi connectivity index (χ1n) is 10.0. The fourth-order valence-electron chi connectivity index (χ4n) is 3.80. The second-order valence-electron chi connectivity index (χ2n) is 7.31. The summed E-state index contributed by atoms with van der Waals surface area (Å²) in [5, 5.41) is 12.9. The van der Waals surface area contributed by atoms with E-state index in [0.29, 0.717) is 35.0 Å². The van der Waals surface area contributed by atoms with Crippen LogP contribution in [0.4, 0.5) is 17.3 Å². The second-order valence-corrected chi connectivity index (χ2v) is 8.21. The fourth-order valence-corrected chi connectivity index (χ4v) is 4.42. The topological polar surface area (TPSA) is 118 Å². The summed E-state index contributed by atoms with van der Waals surface area (Å²) in [4.78, 5) is 25.2. The van der Waals surface area contributed by atoms with Gasteiger partial charge in [-0.2, -0.15) is 0 Å². The third-order valence-corrected chi connectivity index (χ3v) is 6.13. The molecule has 3 heterocycles. The van der Waals surface area contributed by atoms with Crippen LogP contribution in [0.25, 0.3) is 10.6 Å². The Morgan fingerprint density at radius 3 is 2.77 bits per heavy atom. The molecular weight excluding hydrogens is 398 g/mol. The lowest BCUT2D eigenvalue weighted by Gasteiger charge is -2.32. The summed E-state index contributed by atoms with van der Waals surface area (Å²) in [5.41, 5.74) is 7.51. The van der Waals surface area contributed by atoms with Gasteiger partial charge in [-0.25, -0.2) is 9.97 Å². The average Bonchev–Trinajstić information content (AvgIpc) is 3.29. The van der Waals surface area contributed by atoms with Crippen molar-refractivity contribution < 1.29 is 4.79 Å². The molecule has 4 rings (SSSR count). The van der Waals surface area contributed by atoms with Crippen molar-refractivity contribution >= 4 is 34.6 Å². The molecular formula is C21H25N7OS. The van der Waals surface area contributed by atoms with Crippen LogP contribution >= 0.6 is 11.3 Å². The SMILES string of the molecule is CN[C@H]1CCCC[C@H]1Nc1ccc(C(N)=O)c(Nc2cncc(-c3nccs3)c2)n1. The minimum Gasteiger partial charge on any atom is -0.366 e. The number of aromatic nitrogens is 3. The van der Waals surface area contributed by atoms with E-state index < -0.39 is 5.91 Å². The number of thiazole rings is 1. The molecule has 0 aromatic carbocycles. The molecule has 5 N–H and O–H groups in total. The van der Waals surface area contributed by atoms with Crippen LogP contribution in [-0.4, -0.2) is 40.0 Å². The molecule has 8 nitrogen and oxygen atoms in total. The van der Waals surface area contributed by atoms with Crippen LogP contribution < -0.4 is 21.7 Å². The second kappa shape index (κ2) is 9.19. The highest BCUT2D eigenvalue weighted by molar-refractivity contribution is 7.13. The molecule has 9 heteroatoms. The maximum absolute atomic E-state index is 12.0. The van der Waals surface area contributed by atoms with E-state index in [1.807, 2.05) is 18.5 Å². The Balaban J connectivity index is 1.59. The Morgan fingerprint density at radius 2 is 2.03 bits per heavy atom. The lowest BCUT2D eigenvalue weighted by Crippen LogP contribution is -2.44. The smallest absolute Gasteiger partial charge is 0.252 e. The van der Waals surface area contributed by atoms with Gasteiger partial charge < -0.3 is 21.7 Å². The van der Waals surface area contributed by atoms with Crippen molar-refractivity contribution in [2.24, 2.45) is 5.73 Å². The minimum atomic E-state index is -0.536. The number of primary amides is 1. The average molecular weight is 424 g/mol. The summed E-state index contributed by atoms with van der Waals surface area (Å²) < 4.78 is 0. The van der Waals surface area contributed by atoms with Crippen LogP contribution in [0.5, 0.6) is 0 Å². The molecule has 0 aliphatic heterocycles. The van der Waals surface area contributed by atoms with Gasteiger partial charge >= 0.3 is 0 Å². The van der Waals surface area contributed by atoms with Crippen LogP contribution in [0, 0.1) is 0 Å². The molecule has 0 bridgehead atoms. The summed E-state index contributed by atoms with van der Waals surface area (Å²) in [6, 6.07) is 6.12. The Morgan fingerprint density at radius 1 is 1.20 bits per heavy atom. The third-order valence-electron chi connectivity index (χ3n) is 5.31. The van der Waals surface area contributed by atoms with Gasteiger partial charge in [-0.15, -0.1) is 11.3 Å². The minimum absolute atomic E-state index is 0.290. The molecule has 30 heavy (non-hydrogen) atoms. The number of nitrogens with two attached hydrogens (primary N) is 1. The Kier molecular flexibility index (Phi) is 6.20. The van der Waals surface area contributed by atoms with E-state index in [2.05, 4.69) is 30.9 Å². The first kappa shape index (κ1) is 20.2. The van der Waals surface area contributed by atoms with Crippen LogP contribution in [-0.2, 0) is 0 Å². The van der Waals surface area contributed by atoms with Gasteiger partial charge in [0.15, 0.2) is 0 Å². The van der Waals surface area contributed by atoms with E-state index >= 15 is 0 Å². The number of pyridine rings is 2. The standard InChI is InChI=1S/C21H25N7OS/c1-23-16-4-2-3-5-17(16)27-18-7-6-15(19(22)29)20(28-18)26-14-10-13(11-24-12-14)21-25-8-9-30-21/h6-12,16-17,23H,2-5H2,1H3,(H2,22,29)(H2,26,27,28)/t16-,17+/m0/s1. The lowest BCUT2D eigenvalue weighted by molar-refractivity contribution is 0.100. The highest BCUT2D eigenvalue weighted by Gasteiger charge is 2.24. The number of nitrogens with one attached hydrogen (secondary N) is 3. The number of likely N-dealkylation sites (N-methyl/N-ethyl adjacent to an activating group) is 1. The zero-order valence-corrected chi connectivity index (χ0v) is 17.6. The number of rotatable bonds is 7. The molecule has 156 valence electrons. The lowest BCUT2D eigenvalue weighted by atomic mass is 9.90. The van der Waals surface area contributed by atoms with E-state index in [9.17, 15) is 4.79 Å². The van der Waals surface area contributed by atoms with Crippen molar-refractivity contribution in [2.75, 3.05) is 17.7 Å². The van der Waals surface area contributed by atoms with Crippen molar-refractivity contribution in [3.05, 3.63) is 47.7 Å². The van der Waals surface area contributed by atoms with Crippen molar-refractivity contribution in [2.45, 2.75) is 37.8 Å². The van der Waals surface area contributed by atoms with Gasteiger partial charge in [-0.1, -0.05) is 12.8 Å². The van der Waals surface area contributed by atoms with Crippen molar-refractivity contribution in [1.29, 1.82) is 0 Å². The van der Waals surface area contributed by atoms with Crippen LogP contribution in [0.15, 0.2) is 42.2 Å². The molecule has 1 fully saturated rings. The van der Waals surface area contributed by atoms with Gasteiger partial charge in [0.05, 0.1) is 17.4 Å². The largest absolute Gasteiger partial charge is 0.366 e. The Bertz CT molecular complexity index is 1010. The number of hydrogen-bond donors (Lipinski definition) is 4. The van der Waals surface area contributed by atoms with E-state index in [1.54, 1.807) is 30.7 Å². The van der Waals surface area contributed by atoms with E-state index in [0.717, 1.165) is 23.4 Å². The van der Waals surface area contributed by atoms with Crippen LogP contribution in [0.3, 0.4) is 0 Å². The monoisotopic (exact) mass is 423 g/mol. The van der Waals surface area contributed by atoms with Gasteiger partial charge in [0.2, 0.25) is 0 Å². The molecule has 3 aromatic heterocycles. The normalized spacial score (nSPS) is 18.7. The summed E-state index contributed by atoms with van der Waals surface area (Å²) >= 11 is 1.54. The molecule has 1 saturated carbocycles. The van der Waals surface area contributed by atoms with E-state index in [-0.39, 0.29) is 0 Å². The van der Waals surface area contributed by atoms with Crippen molar-refractivity contribution in [3.63, 3.8) is 0 Å². The summed E-state index contributed by atoms with van der Waals surface area (Å²) in [6.45, 7) is 0. The number of carbonyl (C=O) groups is 1. The third kappa shape index (κ3) is 4.58. The maximum Gasteiger partial charge on any atom is 0.252 e. The molecule has 1 aliphatic rings. The Labute approximate surface area is 179 Å². The molecule has 0 radical (unpaired) electrons. The number of amides is 1. The van der Waals surface area contributed by atoms with Gasteiger partial charge in [0.1, 0.15) is 16.6 Å². The quantitative estimate of drug-likeness (QED) is 0.460. The van der Waals surface area contributed by atoms with Gasteiger partial charge in [0, 0.05) is 35.4 Å².